The first-order valence-electron chi connectivity index (χ1n) is 9.37. The molecule has 0 aliphatic rings. The van der Waals surface area contributed by atoms with Crippen molar-refractivity contribution in [3.63, 3.8) is 0 Å². The summed E-state index contributed by atoms with van der Waals surface area (Å²) in [6.45, 7) is 3.88. The third kappa shape index (κ3) is 4.10. The lowest BCUT2D eigenvalue weighted by molar-refractivity contribution is 0.102. The number of aromatic nitrogens is 5. The molecule has 0 unspecified atom stereocenters. The quantitative estimate of drug-likeness (QED) is 0.492. The standard InChI is InChI=1S/C21H20N6O3S/c1-12-5-10-17(30-4)16(11-12)27-13(2)18(24-26-27)19-22-21(31-25-19)23-20(28)14-6-8-15(29-3)9-7-14/h5-11H,1-4H3,(H,22,23,25,28). The minimum atomic E-state index is -0.282. The molecule has 1 N–H and O–H groups in total. The molecule has 158 valence electrons. The largest absolute Gasteiger partial charge is 0.497 e. The summed E-state index contributed by atoms with van der Waals surface area (Å²) >= 11 is 1.08. The maximum atomic E-state index is 12.5. The van der Waals surface area contributed by atoms with E-state index in [-0.39, 0.29) is 5.91 Å². The zero-order chi connectivity index (χ0) is 22.0. The topological polar surface area (TPSA) is 104 Å². The Labute approximate surface area is 182 Å². The van der Waals surface area contributed by atoms with Gasteiger partial charge in [-0.25, -0.2) is 4.68 Å². The van der Waals surface area contributed by atoms with E-state index in [1.807, 2.05) is 32.0 Å². The van der Waals surface area contributed by atoms with E-state index in [0.717, 1.165) is 28.5 Å². The molecule has 0 fully saturated rings. The summed E-state index contributed by atoms with van der Waals surface area (Å²) in [5.74, 6) is 1.48. The van der Waals surface area contributed by atoms with Gasteiger partial charge in [-0.1, -0.05) is 11.3 Å². The summed E-state index contributed by atoms with van der Waals surface area (Å²) in [6.07, 6.45) is 0. The van der Waals surface area contributed by atoms with Crippen LogP contribution in [0.15, 0.2) is 42.5 Å². The molecule has 2 aromatic carbocycles. The highest BCUT2D eigenvalue weighted by Crippen LogP contribution is 2.28. The minimum absolute atomic E-state index is 0.282. The van der Waals surface area contributed by atoms with Crippen LogP contribution in [-0.4, -0.2) is 44.5 Å². The molecule has 2 aromatic heterocycles. The van der Waals surface area contributed by atoms with Crippen molar-refractivity contribution in [2.75, 3.05) is 19.5 Å². The average molecular weight is 436 g/mol. The van der Waals surface area contributed by atoms with Gasteiger partial charge in [0.05, 0.1) is 19.9 Å². The summed E-state index contributed by atoms with van der Waals surface area (Å²) in [7, 11) is 3.19. The fourth-order valence-corrected chi connectivity index (χ4v) is 3.58. The second kappa shape index (κ2) is 8.52. The molecule has 0 atom stereocenters. The van der Waals surface area contributed by atoms with Crippen LogP contribution in [0.5, 0.6) is 11.5 Å². The highest BCUT2D eigenvalue weighted by Gasteiger charge is 2.19. The first kappa shape index (κ1) is 20.5. The lowest BCUT2D eigenvalue weighted by atomic mass is 10.2. The van der Waals surface area contributed by atoms with Crippen LogP contribution in [0.2, 0.25) is 0 Å². The highest BCUT2D eigenvalue weighted by atomic mass is 32.1. The zero-order valence-electron chi connectivity index (χ0n) is 17.4. The van der Waals surface area contributed by atoms with E-state index in [2.05, 4.69) is 25.0 Å². The summed E-state index contributed by atoms with van der Waals surface area (Å²) in [6, 6.07) is 12.6. The normalized spacial score (nSPS) is 10.7. The maximum Gasteiger partial charge on any atom is 0.257 e. The number of hydrogen-bond acceptors (Lipinski definition) is 8. The number of carbonyl (C=O) groups is 1. The Balaban J connectivity index is 1.57. The van der Waals surface area contributed by atoms with E-state index >= 15 is 0 Å². The molecule has 0 aliphatic carbocycles. The van der Waals surface area contributed by atoms with Crippen molar-refractivity contribution in [1.29, 1.82) is 0 Å². The Kier molecular flexibility index (Phi) is 5.63. The first-order chi connectivity index (χ1) is 15.0. The van der Waals surface area contributed by atoms with Crippen molar-refractivity contribution < 1.29 is 14.3 Å². The molecule has 0 spiro atoms. The molecule has 4 aromatic rings. The van der Waals surface area contributed by atoms with Crippen molar-refractivity contribution in [1.82, 2.24) is 24.4 Å². The van der Waals surface area contributed by atoms with Gasteiger partial charge < -0.3 is 9.47 Å². The molecular formula is C21H20N6O3S. The smallest absolute Gasteiger partial charge is 0.257 e. The second-order valence-electron chi connectivity index (χ2n) is 6.72. The Morgan fingerprint density at radius 3 is 2.55 bits per heavy atom. The maximum absolute atomic E-state index is 12.5. The minimum Gasteiger partial charge on any atom is -0.497 e. The number of rotatable bonds is 6. The fourth-order valence-electron chi connectivity index (χ4n) is 3.01. The summed E-state index contributed by atoms with van der Waals surface area (Å²) in [5, 5.41) is 11.6. The summed E-state index contributed by atoms with van der Waals surface area (Å²) < 4.78 is 16.6. The predicted molar refractivity (Wildman–Crippen MR) is 117 cm³/mol. The number of hydrogen-bond donors (Lipinski definition) is 1. The summed E-state index contributed by atoms with van der Waals surface area (Å²) in [5.41, 5.74) is 3.63. The van der Waals surface area contributed by atoms with Gasteiger partial charge in [0.15, 0.2) is 11.5 Å². The predicted octanol–water partition coefficient (Wildman–Crippen LogP) is 3.67. The van der Waals surface area contributed by atoms with Crippen molar-refractivity contribution in [2.45, 2.75) is 13.8 Å². The van der Waals surface area contributed by atoms with Gasteiger partial charge in [0.2, 0.25) is 5.13 Å². The van der Waals surface area contributed by atoms with Gasteiger partial charge >= 0.3 is 0 Å². The molecule has 1 amide bonds. The first-order valence-corrected chi connectivity index (χ1v) is 10.1. The number of anilines is 1. The average Bonchev–Trinajstić information content (AvgIpc) is 3.39. The van der Waals surface area contributed by atoms with Gasteiger partial charge in [-0.05, 0) is 55.8 Å². The van der Waals surface area contributed by atoms with Crippen LogP contribution < -0.4 is 14.8 Å². The Hall–Kier alpha value is -3.79. The van der Waals surface area contributed by atoms with Crippen molar-refractivity contribution >= 4 is 22.6 Å². The van der Waals surface area contributed by atoms with Gasteiger partial charge in [-0.2, -0.15) is 9.36 Å². The fraction of sp³-hybridized carbons (Fsp3) is 0.190. The lowest BCUT2D eigenvalue weighted by Gasteiger charge is -2.10. The molecule has 0 radical (unpaired) electrons. The third-order valence-corrected chi connectivity index (χ3v) is 5.30. The Bertz CT molecular complexity index is 1230. The molecule has 0 saturated carbocycles. The van der Waals surface area contributed by atoms with Crippen LogP contribution in [0, 0.1) is 13.8 Å². The number of methoxy groups -OCH3 is 2. The van der Waals surface area contributed by atoms with Crippen LogP contribution in [0.1, 0.15) is 21.6 Å². The van der Waals surface area contributed by atoms with Crippen molar-refractivity contribution in [3.05, 3.63) is 59.3 Å². The van der Waals surface area contributed by atoms with E-state index in [0.29, 0.717) is 33.7 Å². The SMILES string of the molecule is COc1ccc(C(=O)Nc2nc(-c3nnn(-c4cc(C)ccc4OC)c3C)ns2)cc1. The molecular weight excluding hydrogens is 416 g/mol. The molecule has 31 heavy (non-hydrogen) atoms. The van der Waals surface area contributed by atoms with Gasteiger partial charge in [-0.3, -0.25) is 10.1 Å². The van der Waals surface area contributed by atoms with E-state index in [1.165, 1.54) is 0 Å². The van der Waals surface area contributed by atoms with Crippen molar-refractivity contribution in [3.8, 4) is 28.7 Å². The third-order valence-electron chi connectivity index (χ3n) is 4.67. The molecule has 9 nitrogen and oxygen atoms in total. The molecule has 2 heterocycles. The number of nitrogens with zero attached hydrogens (tertiary/aromatic N) is 5. The molecule has 4 rings (SSSR count). The Morgan fingerprint density at radius 1 is 1.06 bits per heavy atom. The zero-order valence-corrected chi connectivity index (χ0v) is 18.2. The van der Waals surface area contributed by atoms with Crippen LogP contribution >= 0.6 is 11.5 Å². The molecule has 10 heteroatoms. The van der Waals surface area contributed by atoms with E-state index in [9.17, 15) is 4.79 Å². The van der Waals surface area contributed by atoms with Crippen molar-refractivity contribution in [2.24, 2.45) is 0 Å². The number of nitrogens with one attached hydrogen (secondary N) is 1. The monoisotopic (exact) mass is 436 g/mol. The number of amides is 1. The van der Waals surface area contributed by atoms with E-state index in [4.69, 9.17) is 9.47 Å². The van der Waals surface area contributed by atoms with E-state index < -0.39 is 0 Å². The summed E-state index contributed by atoms with van der Waals surface area (Å²) in [4.78, 5) is 16.9. The Morgan fingerprint density at radius 2 is 1.84 bits per heavy atom. The lowest BCUT2D eigenvalue weighted by Crippen LogP contribution is -2.11. The molecule has 0 saturated heterocycles. The number of benzene rings is 2. The van der Waals surface area contributed by atoms with Crippen LogP contribution in [0.25, 0.3) is 17.2 Å². The second-order valence-corrected chi connectivity index (χ2v) is 7.47. The number of aryl methyl sites for hydroxylation is 1. The van der Waals surface area contributed by atoms with Gasteiger partial charge in [0.25, 0.3) is 5.91 Å². The number of carbonyl (C=O) groups excluding carboxylic acids is 1. The number of ether oxygens (including phenoxy) is 2. The molecule has 0 aliphatic heterocycles. The van der Waals surface area contributed by atoms with Gasteiger partial charge in [0.1, 0.15) is 17.2 Å². The van der Waals surface area contributed by atoms with Crippen LogP contribution in [-0.2, 0) is 0 Å². The highest BCUT2D eigenvalue weighted by molar-refractivity contribution is 7.10. The van der Waals surface area contributed by atoms with Crippen LogP contribution in [0.3, 0.4) is 0 Å². The molecule has 0 bridgehead atoms. The van der Waals surface area contributed by atoms with Gasteiger partial charge in [-0.15, -0.1) is 5.10 Å². The van der Waals surface area contributed by atoms with Gasteiger partial charge in [0, 0.05) is 17.1 Å². The van der Waals surface area contributed by atoms with Crippen LogP contribution in [0.4, 0.5) is 5.13 Å². The van der Waals surface area contributed by atoms with E-state index in [1.54, 1.807) is 43.2 Å².